The van der Waals surface area contributed by atoms with Gasteiger partial charge in [0, 0.05) is 0 Å². The zero-order valence-electron chi connectivity index (χ0n) is 17.0. The van der Waals surface area contributed by atoms with E-state index in [1.54, 1.807) is 0 Å². The molecule has 4 rings (SSSR count). The van der Waals surface area contributed by atoms with Crippen LogP contribution in [0.3, 0.4) is 0 Å². The van der Waals surface area contributed by atoms with Crippen molar-refractivity contribution < 1.29 is 20.8 Å². The maximum atomic E-state index is 4.93. The van der Waals surface area contributed by atoms with Crippen LogP contribution in [0, 0.1) is 12.6 Å². The van der Waals surface area contributed by atoms with Crippen molar-refractivity contribution >= 4 is 41.6 Å². The molecular formula is C22H26B2Cl2N2Zr. The Kier molecular flexibility index (Phi) is 11.6. The second kappa shape index (κ2) is 14.0. The van der Waals surface area contributed by atoms with Gasteiger partial charge in [-0.1, -0.05) is 85.4 Å². The van der Waals surface area contributed by atoms with E-state index in [9.17, 15) is 0 Å². The van der Waals surface area contributed by atoms with Gasteiger partial charge in [0.05, 0.1) is 0 Å². The number of nitrogens with zero attached hydrogens (tertiary/aromatic N) is 2. The summed E-state index contributed by atoms with van der Waals surface area (Å²) in [5.74, 6) is 0. The summed E-state index contributed by atoms with van der Waals surface area (Å²) >= 11 is -0.826. The van der Waals surface area contributed by atoms with Crippen molar-refractivity contribution in [3.05, 3.63) is 97.9 Å². The summed E-state index contributed by atoms with van der Waals surface area (Å²) in [5, 5.41) is 0. The molecule has 29 heavy (non-hydrogen) atoms. The molecule has 0 N–H and O–H groups in total. The second-order valence-electron chi connectivity index (χ2n) is 6.51. The van der Waals surface area contributed by atoms with Crippen LogP contribution in [0.5, 0.6) is 0 Å². The van der Waals surface area contributed by atoms with Gasteiger partial charge in [0.15, 0.2) is 13.7 Å². The van der Waals surface area contributed by atoms with Crippen LogP contribution in [0.1, 0.15) is 13.8 Å². The van der Waals surface area contributed by atoms with Crippen molar-refractivity contribution in [3.63, 3.8) is 0 Å². The van der Waals surface area contributed by atoms with E-state index >= 15 is 0 Å². The number of allylic oxidation sites excluding steroid dienone is 2. The normalized spacial score (nSPS) is 13.7. The third-order valence-corrected chi connectivity index (χ3v) is 4.87. The van der Waals surface area contributed by atoms with Gasteiger partial charge in [-0.25, -0.2) is 24.8 Å². The fraction of sp³-hybridized carbons (Fsp3) is 0.182. The van der Waals surface area contributed by atoms with E-state index in [4.69, 9.17) is 17.0 Å². The van der Waals surface area contributed by atoms with Gasteiger partial charge in [0.2, 0.25) is 0 Å². The van der Waals surface area contributed by atoms with Crippen LogP contribution in [0.15, 0.2) is 85.2 Å². The Morgan fingerprint density at radius 1 is 0.724 bits per heavy atom. The van der Waals surface area contributed by atoms with Gasteiger partial charge in [-0.3, -0.25) is 0 Å². The van der Waals surface area contributed by atoms with E-state index in [0.29, 0.717) is 13.7 Å². The average Bonchev–Trinajstić information content (AvgIpc) is 3.45. The van der Waals surface area contributed by atoms with Crippen LogP contribution in [-0.4, -0.2) is 36.4 Å². The molecule has 0 bridgehead atoms. The molecule has 0 fully saturated rings. The molecule has 0 saturated heterocycles. The molecule has 2 heterocycles. The summed E-state index contributed by atoms with van der Waals surface area (Å²) in [5.41, 5.74) is 2.74. The Hall–Kier alpha value is -1.15. The van der Waals surface area contributed by atoms with Crippen molar-refractivity contribution in [2.75, 3.05) is 13.1 Å². The molecule has 0 saturated carbocycles. The van der Waals surface area contributed by atoms with Gasteiger partial charge in [-0.05, 0) is 13.1 Å². The molecule has 0 amide bonds. The predicted octanol–water partition coefficient (Wildman–Crippen LogP) is 4.33. The Morgan fingerprint density at radius 2 is 1.07 bits per heavy atom. The first-order valence-electron chi connectivity index (χ1n) is 9.86. The topological polar surface area (TPSA) is 6.48 Å². The van der Waals surface area contributed by atoms with Gasteiger partial charge in [0.25, 0.3) is 0 Å². The van der Waals surface area contributed by atoms with Gasteiger partial charge in [-0.2, -0.15) is 12.4 Å². The first-order chi connectivity index (χ1) is 14.2. The molecule has 0 atom stereocenters. The quantitative estimate of drug-likeness (QED) is 0.454. The molecule has 0 aromatic heterocycles. The van der Waals surface area contributed by atoms with E-state index in [2.05, 4.69) is 121 Å². The summed E-state index contributed by atoms with van der Waals surface area (Å²) in [6.45, 7) is 7.38. The summed E-state index contributed by atoms with van der Waals surface area (Å²) in [6.07, 6.45) is 13.0. The Labute approximate surface area is 195 Å². The molecular weight excluding hydrogens is 476 g/mol. The third kappa shape index (κ3) is 7.56. The van der Waals surface area contributed by atoms with Crippen LogP contribution in [0.2, 0.25) is 0 Å². The molecule has 7 heteroatoms. The van der Waals surface area contributed by atoms with E-state index in [1.807, 2.05) is 0 Å². The van der Waals surface area contributed by atoms with Crippen LogP contribution in [-0.2, 0) is 20.8 Å². The first kappa shape index (κ1) is 24.1. The predicted molar refractivity (Wildman–Crippen MR) is 127 cm³/mol. The maximum absolute atomic E-state index is 4.93. The summed E-state index contributed by atoms with van der Waals surface area (Å²) in [4.78, 5) is 4.66. The van der Waals surface area contributed by atoms with Gasteiger partial charge in [-0.15, -0.1) is 0 Å². The molecule has 2 aromatic rings. The third-order valence-electron chi connectivity index (χ3n) is 4.87. The van der Waals surface area contributed by atoms with Crippen molar-refractivity contribution in [2.45, 2.75) is 13.8 Å². The van der Waals surface area contributed by atoms with E-state index in [-0.39, 0.29) is 0 Å². The average molecular weight is 502 g/mol. The van der Waals surface area contributed by atoms with Crippen LogP contribution >= 0.6 is 17.0 Å². The number of halogens is 2. The standard InChI is InChI=1S/2C11H13BN.2ClH.Zr/c2*1-2-13-10-6-9-12(13)11-7-4-3-5-8-11;;;/h2*3-10H,2H2,1H3;2*1H;/q2*-1;;;+4/p-2. The number of hydrogen-bond donors (Lipinski definition) is 0. The number of benzene rings is 2. The zero-order chi connectivity index (χ0) is 20.9. The summed E-state index contributed by atoms with van der Waals surface area (Å²) < 4.78 is 0. The van der Waals surface area contributed by atoms with E-state index in [1.165, 1.54) is 10.9 Å². The van der Waals surface area contributed by atoms with Gasteiger partial charge >= 0.3 is 37.9 Å². The van der Waals surface area contributed by atoms with Crippen LogP contribution in [0.25, 0.3) is 0 Å². The molecule has 0 spiro atoms. The van der Waals surface area contributed by atoms with Crippen molar-refractivity contribution in [1.82, 2.24) is 9.62 Å². The molecule has 2 aromatic carbocycles. The molecule has 2 aliphatic rings. The van der Waals surface area contributed by atoms with Gasteiger partial charge in [0.1, 0.15) is 0 Å². The second-order valence-corrected chi connectivity index (χ2v) is 10.2. The Bertz CT molecular complexity index is 683. The summed E-state index contributed by atoms with van der Waals surface area (Å²) in [7, 11) is 9.87. The van der Waals surface area contributed by atoms with Crippen molar-refractivity contribution in [2.24, 2.45) is 0 Å². The van der Waals surface area contributed by atoms with E-state index in [0.717, 1.165) is 13.1 Å². The Morgan fingerprint density at radius 3 is 1.38 bits per heavy atom. The fourth-order valence-electron chi connectivity index (χ4n) is 3.45. The monoisotopic (exact) mass is 500 g/mol. The summed E-state index contributed by atoms with van der Waals surface area (Å²) in [6, 6.07) is 21.2. The molecule has 0 unspecified atom stereocenters. The van der Waals surface area contributed by atoms with Crippen molar-refractivity contribution in [3.8, 4) is 0 Å². The molecule has 2 aliphatic heterocycles. The zero-order valence-corrected chi connectivity index (χ0v) is 20.9. The van der Waals surface area contributed by atoms with Gasteiger partial charge < -0.3 is 9.62 Å². The van der Waals surface area contributed by atoms with Crippen LogP contribution in [0.4, 0.5) is 0 Å². The first-order valence-corrected chi connectivity index (χ1v) is 16.2. The fourth-order valence-corrected chi connectivity index (χ4v) is 3.45. The molecule has 0 radical (unpaired) electrons. The minimum atomic E-state index is -0.826. The minimum absolute atomic E-state index is 0.450. The molecule has 0 aliphatic carbocycles. The molecule has 2 nitrogen and oxygen atoms in total. The van der Waals surface area contributed by atoms with Crippen molar-refractivity contribution in [1.29, 1.82) is 0 Å². The van der Waals surface area contributed by atoms with E-state index < -0.39 is 20.8 Å². The Balaban J connectivity index is 0.000000183. The molecule has 148 valence electrons. The SMILES string of the molecule is CCN1C=C[CH-]B1c1ccccc1.CCN1C=C[CH-]B1c1ccccc1.[Cl][Zr+2][Cl]. The van der Waals surface area contributed by atoms with Crippen LogP contribution < -0.4 is 10.9 Å². The number of hydrogen-bond acceptors (Lipinski definition) is 2. The number of rotatable bonds is 4.